The van der Waals surface area contributed by atoms with E-state index in [0.29, 0.717) is 5.25 Å². The fourth-order valence-electron chi connectivity index (χ4n) is 3.08. The Morgan fingerprint density at radius 2 is 1.91 bits per heavy atom. The van der Waals surface area contributed by atoms with Gasteiger partial charge in [-0.2, -0.15) is 4.98 Å². The van der Waals surface area contributed by atoms with Crippen molar-refractivity contribution in [2.45, 2.75) is 70.2 Å². The quantitative estimate of drug-likeness (QED) is 0.571. The van der Waals surface area contributed by atoms with Crippen LogP contribution >= 0.6 is 11.8 Å². The summed E-state index contributed by atoms with van der Waals surface area (Å²) in [5.41, 5.74) is 2.53. The smallest absolute Gasteiger partial charge is 0.302 e. The van der Waals surface area contributed by atoms with Crippen molar-refractivity contribution < 1.29 is 0 Å². The maximum absolute atomic E-state index is 12.5. The van der Waals surface area contributed by atoms with Crippen LogP contribution in [-0.2, 0) is 19.4 Å². The second kappa shape index (κ2) is 8.16. The first-order chi connectivity index (χ1) is 10.6. The number of rotatable bonds is 7. The van der Waals surface area contributed by atoms with Gasteiger partial charge in [0.25, 0.3) is 0 Å². The van der Waals surface area contributed by atoms with Gasteiger partial charge >= 0.3 is 5.69 Å². The summed E-state index contributed by atoms with van der Waals surface area (Å²) >= 11 is 1.73. The van der Waals surface area contributed by atoms with Crippen molar-refractivity contribution in [3.05, 3.63) is 21.7 Å². The number of fused-ring (bicyclic) bond motifs is 1. The van der Waals surface area contributed by atoms with Crippen molar-refractivity contribution in [2.24, 2.45) is 0 Å². The molecule has 0 atom stereocenters. The van der Waals surface area contributed by atoms with Crippen LogP contribution in [0.5, 0.6) is 0 Å². The molecule has 1 aliphatic rings. The molecule has 0 spiro atoms. The minimum Gasteiger partial charge on any atom is -0.302 e. The monoisotopic (exact) mass is 323 g/mol. The molecule has 5 heteroatoms. The highest BCUT2D eigenvalue weighted by molar-refractivity contribution is 7.99. The van der Waals surface area contributed by atoms with Crippen LogP contribution < -0.4 is 5.69 Å². The Hall–Kier alpha value is -0.810. The molecule has 124 valence electrons. The van der Waals surface area contributed by atoms with E-state index >= 15 is 0 Å². The third-order valence-corrected chi connectivity index (χ3v) is 5.36. The molecular weight excluding hydrogens is 294 g/mol. The van der Waals surface area contributed by atoms with Crippen molar-refractivity contribution in [1.29, 1.82) is 0 Å². The van der Waals surface area contributed by atoms with E-state index in [9.17, 15) is 4.79 Å². The van der Waals surface area contributed by atoms with Crippen molar-refractivity contribution in [3.63, 3.8) is 0 Å². The van der Waals surface area contributed by atoms with E-state index in [0.717, 1.165) is 44.0 Å². The second-order valence-electron chi connectivity index (χ2n) is 6.18. The van der Waals surface area contributed by atoms with Gasteiger partial charge in [-0.05, 0) is 38.8 Å². The van der Waals surface area contributed by atoms with E-state index in [1.165, 1.54) is 24.1 Å². The topological polar surface area (TPSA) is 38.1 Å². The molecule has 2 rings (SSSR count). The van der Waals surface area contributed by atoms with Gasteiger partial charge in [-0.1, -0.05) is 27.7 Å². The molecule has 0 bridgehead atoms. The van der Waals surface area contributed by atoms with Gasteiger partial charge < -0.3 is 4.90 Å². The van der Waals surface area contributed by atoms with Gasteiger partial charge in [-0.3, -0.25) is 4.57 Å². The van der Waals surface area contributed by atoms with Crippen LogP contribution in [0.3, 0.4) is 0 Å². The summed E-state index contributed by atoms with van der Waals surface area (Å²) in [6, 6.07) is 0. The van der Waals surface area contributed by atoms with E-state index in [1.807, 2.05) is 4.57 Å². The number of hydrogen-bond acceptors (Lipinski definition) is 4. The molecule has 0 saturated carbocycles. The number of aromatic nitrogens is 2. The zero-order chi connectivity index (χ0) is 16.1. The Kier molecular flexibility index (Phi) is 6.50. The second-order valence-corrected chi connectivity index (χ2v) is 7.74. The van der Waals surface area contributed by atoms with Crippen molar-refractivity contribution >= 4 is 11.8 Å². The van der Waals surface area contributed by atoms with Gasteiger partial charge in [0, 0.05) is 29.6 Å². The molecule has 0 aromatic carbocycles. The molecule has 1 aromatic heterocycles. The summed E-state index contributed by atoms with van der Waals surface area (Å²) in [5.74, 6) is 0. The molecule has 0 saturated heterocycles. The number of likely N-dealkylation sites (N-methyl/N-ethyl adjacent to an activating group) is 1. The SMILES string of the molecule is CCN(CC)CCn1c2c(c(SC(C)C)nc1=O)CCCC2. The Morgan fingerprint density at radius 1 is 1.23 bits per heavy atom. The van der Waals surface area contributed by atoms with Crippen molar-refractivity contribution in [3.8, 4) is 0 Å². The van der Waals surface area contributed by atoms with Crippen LogP contribution in [0.25, 0.3) is 0 Å². The van der Waals surface area contributed by atoms with Crippen LogP contribution in [0.2, 0.25) is 0 Å². The Bertz CT molecular complexity index is 550. The van der Waals surface area contributed by atoms with Crippen LogP contribution in [0.1, 0.15) is 51.8 Å². The third kappa shape index (κ3) is 4.13. The lowest BCUT2D eigenvalue weighted by molar-refractivity contribution is 0.285. The highest BCUT2D eigenvalue weighted by atomic mass is 32.2. The summed E-state index contributed by atoms with van der Waals surface area (Å²) in [5, 5.41) is 1.44. The average molecular weight is 324 g/mol. The first-order valence-corrected chi connectivity index (χ1v) is 9.46. The Balaban J connectivity index is 2.32. The molecule has 0 aliphatic heterocycles. The molecule has 0 amide bonds. The Morgan fingerprint density at radius 3 is 2.55 bits per heavy atom. The molecular formula is C17H29N3OS. The van der Waals surface area contributed by atoms with Gasteiger partial charge in [0.1, 0.15) is 5.03 Å². The summed E-state index contributed by atoms with van der Waals surface area (Å²) in [6.45, 7) is 12.4. The molecule has 1 aromatic rings. The van der Waals surface area contributed by atoms with E-state index in [2.05, 4.69) is 37.6 Å². The molecule has 0 N–H and O–H groups in total. The average Bonchev–Trinajstić information content (AvgIpc) is 2.50. The summed E-state index contributed by atoms with van der Waals surface area (Å²) in [7, 11) is 0. The summed E-state index contributed by atoms with van der Waals surface area (Å²) in [4.78, 5) is 19.3. The van der Waals surface area contributed by atoms with Crippen LogP contribution in [0, 0.1) is 0 Å². The fourth-order valence-corrected chi connectivity index (χ4v) is 4.02. The van der Waals surface area contributed by atoms with E-state index in [1.54, 1.807) is 11.8 Å². The zero-order valence-electron chi connectivity index (χ0n) is 14.4. The zero-order valence-corrected chi connectivity index (χ0v) is 15.2. The normalized spacial score (nSPS) is 14.6. The lowest BCUT2D eigenvalue weighted by Crippen LogP contribution is -2.35. The van der Waals surface area contributed by atoms with Gasteiger partial charge in [0.15, 0.2) is 0 Å². The molecule has 1 heterocycles. The molecule has 0 fully saturated rings. The van der Waals surface area contributed by atoms with E-state index < -0.39 is 0 Å². The minimum absolute atomic E-state index is 0.0593. The lowest BCUT2D eigenvalue weighted by Gasteiger charge is -2.25. The van der Waals surface area contributed by atoms with Gasteiger partial charge in [0.05, 0.1) is 0 Å². The Labute approximate surface area is 138 Å². The highest BCUT2D eigenvalue weighted by Gasteiger charge is 2.21. The number of hydrogen-bond donors (Lipinski definition) is 0. The molecule has 22 heavy (non-hydrogen) atoms. The van der Waals surface area contributed by atoms with E-state index in [4.69, 9.17) is 0 Å². The number of thioether (sulfide) groups is 1. The maximum atomic E-state index is 12.5. The molecule has 1 aliphatic carbocycles. The summed E-state index contributed by atoms with van der Waals surface area (Å²) < 4.78 is 1.94. The minimum atomic E-state index is -0.0593. The maximum Gasteiger partial charge on any atom is 0.348 e. The summed E-state index contributed by atoms with van der Waals surface area (Å²) in [6.07, 6.45) is 4.50. The predicted octanol–water partition coefficient (Wildman–Crippen LogP) is 2.96. The van der Waals surface area contributed by atoms with Crippen molar-refractivity contribution in [2.75, 3.05) is 19.6 Å². The first kappa shape index (κ1) is 17.5. The van der Waals surface area contributed by atoms with E-state index in [-0.39, 0.29) is 5.69 Å². The largest absolute Gasteiger partial charge is 0.348 e. The fraction of sp³-hybridized carbons (Fsp3) is 0.765. The highest BCUT2D eigenvalue weighted by Crippen LogP contribution is 2.30. The molecule has 0 radical (unpaired) electrons. The van der Waals surface area contributed by atoms with Gasteiger partial charge in [0.2, 0.25) is 0 Å². The van der Waals surface area contributed by atoms with Crippen molar-refractivity contribution in [1.82, 2.24) is 14.5 Å². The van der Waals surface area contributed by atoms with Gasteiger partial charge in [-0.15, -0.1) is 11.8 Å². The van der Waals surface area contributed by atoms with Gasteiger partial charge in [-0.25, -0.2) is 4.79 Å². The molecule has 4 nitrogen and oxygen atoms in total. The number of nitrogens with zero attached hydrogens (tertiary/aromatic N) is 3. The van der Waals surface area contributed by atoms with Crippen LogP contribution in [0.4, 0.5) is 0 Å². The van der Waals surface area contributed by atoms with Crippen LogP contribution in [-0.4, -0.2) is 39.3 Å². The van der Waals surface area contributed by atoms with Crippen LogP contribution in [0.15, 0.2) is 9.82 Å². The first-order valence-electron chi connectivity index (χ1n) is 8.58. The lowest BCUT2D eigenvalue weighted by atomic mass is 9.97. The predicted molar refractivity (Wildman–Crippen MR) is 93.9 cm³/mol. The standard InChI is InChI=1S/C17H29N3OS/c1-5-19(6-2)11-12-20-15-10-8-7-9-14(15)16(18-17(20)21)22-13(3)4/h13H,5-12H2,1-4H3. The molecule has 0 unspecified atom stereocenters. The third-order valence-electron chi connectivity index (χ3n) is 4.33.